The molecule has 0 aliphatic carbocycles. The second kappa shape index (κ2) is 9.49. The summed E-state index contributed by atoms with van der Waals surface area (Å²) in [6.45, 7) is 7.32. The van der Waals surface area contributed by atoms with Gasteiger partial charge in [-0.1, -0.05) is 0 Å². The summed E-state index contributed by atoms with van der Waals surface area (Å²) in [4.78, 5) is 27.3. The third-order valence-corrected chi connectivity index (χ3v) is 6.36. The number of benzene rings is 1. The Morgan fingerprint density at radius 1 is 1.03 bits per heavy atom. The monoisotopic (exact) mass is 480 g/mol. The summed E-state index contributed by atoms with van der Waals surface area (Å²) < 4.78 is 31.4. The lowest BCUT2D eigenvalue weighted by molar-refractivity contribution is -0.236. The Bertz CT molecular complexity index is 1170. The van der Waals surface area contributed by atoms with Crippen LogP contribution in [0.2, 0.25) is 0 Å². The van der Waals surface area contributed by atoms with Crippen molar-refractivity contribution >= 4 is 5.91 Å². The van der Waals surface area contributed by atoms with Crippen LogP contribution in [0.5, 0.6) is 0 Å². The molecule has 0 saturated carbocycles. The topological polar surface area (TPSA) is 89.6 Å². The van der Waals surface area contributed by atoms with Crippen LogP contribution in [0.3, 0.4) is 0 Å². The van der Waals surface area contributed by atoms with Crippen LogP contribution in [-0.4, -0.2) is 64.3 Å². The lowest BCUT2D eigenvalue weighted by Gasteiger charge is -2.42. The van der Waals surface area contributed by atoms with Gasteiger partial charge in [0, 0.05) is 36.6 Å². The molecular weight excluding hydrogens is 451 g/mol. The summed E-state index contributed by atoms with van der Waals surface area (Å²) >= 11 is 0. The molecule has 3 aromatic rings. The molecule has 2 atom stereocenters. The Kier molecular flexibility index (Phi) is 6.39. The fourth-order valence-corrected chi connectivity index (χ4v) is 4.66. The van der Waals surface area contributed by atoms with Crippen LogP contribution >= 0.6 is 0 Å². The van der Waals surface area contributed by atoms with Gasteiger partial charge in [-0.25, -0.2) is 9.37 Å². The highest BCUT2D eigenvalue weighted by Crippen LogP contribution is 2.36. The summed E-state index contributed by atoms with van der Waals surface area (Å²) in [5.41, 5.74) is 2.24. The first-order valence-electron chi connectivity index (χ1n) is 11.8. The van der Waals surface area contributed by atoms with Gasteiger partial charge in [0.25, 0.3) is 0 Å². The first kappa shape index (κ1) is 23.6. The van der Waals surface area contributed by atoms with Crippen LogP contribution in [0.4, 0.5) is 4.39 Å². The Hall–Kier alpha value is -3.14. The summed E-state index contributed by atoms with van der Waals surface area (Å²) in [5, 5.41) is 0. The third kappa shape index (κ3) is 4.84. The van der Waals surface area contributed by atoms with E-state index in [4.69, 9.17) is 19.2 Å². The normalized spacial score (nSPS) is 27.1. The van der Waals surface area contributed by atoms with Crippen molar-refractivity contribution in [3.05, 3.63) is 60.4 Å². The Labute approximate surface area is 203 Å². The zero-order valence-corrected chi connectivity index (χ0v) is 20.0. The van der Waals surface area contributed by atoms with Gasteiger partial charge in [0.15, 0.2) is 5.82 Å². The maximum Gasteiger partial charge on any atom is 0.233 e. The largest absolute Gasteiger partial charge is 0.372 e. The number of aromatic nitrogens is 3. The predicted molar refractivity (Wildman–Crippen MR) is 127 cm³/mol. The number of amides is 1. The number of carbonyl (C=O) groups excluding carboxylic acids is 1. The number of morpholine rings is 1. The van der Waals surface area contributed by atoms with E-state index >= 15 is 0 Å². The van der Waals surface area contributed by atoms with E-state index in [1.54, 1.807) is 24.5 Å². The van der Waals surface area contributed by atoms with E-state index in [9.17, 15) is 9.18 Å². The van der Waals surface area contributed by atoms with Crippen molar-refractivity contribution in [1.82, 2.24) is 19.9 Å². The van der Waals surface area contributed by atoms with Crippen molar-refractivity contribution in [2.75, 3.05) is 26.3 Å². The van der Waals surface area contributed by atoms with Gasteiger partial charge in [-0.15, -0.1) is 0 Å². The molecule has 184 valence electrons. The van der Waals surface area contributed by atoms with Crippen LogP contribution in [-0.2, 0) is 19.0 Å². The first-order chi connectivity index (χ1) is 16.8. The molecule has 8 nitrogen and oxygen atoms in total. The molecule has 9 heteroatoms. The maximum absolute atomic E-state index is 13.5. The number of imidazole rings is 1. The minimum atomic E-state index is -0.798. The molecule has 0 bridgehead atoms. The molecule has 1 N–H and O–H groups in total. The van der Waals surface area contributed by atoms with Gasteiger partial charge < -0.3 is 24.1 Å². The molecule has 2 saturated heterocycles. The zero-order chi connectivity index (χ0) is 24.6. The highest BCUT2D eigenvalue weighted by Gasteiger charge is 2.44. The van der Waals surface area contributed by atoms with Gasteiger partial charge in [-0.05, 0) is 57.2 Å². The molecule has 1 amide bonds. The molecule has 0 unspecified atom stereocenters. The number of hydrogen-bond donors (Lipinski definition) is 1. The minimum Gasteiger partial charge on any atom is -0.372 e. The fraction of sp³-hybridized carbons (Fsp3) is 0.423. The molecule has 0 spiro atoms. The number of rotatable bonds is 4. The number of carbonyl (C=O) groups is 1. The first-order valence-corrected chi connectivity index (χ1v) is 11.8. The molecule has 35 heavy (non-hydrogen) atoms. The Morgan fingerprint density at radius 3 is 2.29 bits per heavy atom. The van der Waals surface area contributed by atoms with Gasteiger partial charge in [0.05, 0.1) is 42.2 Å². The summed E-state index contributed by atoms with van der Waals surface area (Å²) in [5.74, 6) is 0.169. The van der Waals surface area contributed by atoms with Gasteiger partial charge in [-0.2, -0.15) is 0 Å². The van der Waals surface area contributed by atoms with Crippen LogP contribution < -0.4 is 0 Å². The fourth-order valence-electron chi connectivity index (χ4n) is 4.66. The van der Waals surface area contributed by atoms with E-state index in [0.717, 1.165) is 16.8 Å². The predicted octanol–water partition coefficient (Wildman–Crippen LogP) is 3.97. The Morgan fingerprint density at radius 2 is 1.66 bits per heavy atom. The van der Waals surface area contributed by atoms with Gasteiger partial charge in [-0.3, -0.25) is 9.78 Å². The smallest absolute Gasteiger partial charge is 0.233 e. The van der Waals surface area contributed by atoms with Crippen molar-refractivity contribution in [3.8, 4) is 22.5 Å². The van der Waals surface area contributed by atoms with Crippen molar-refractivity contribution < 1.29 is 23.4 Å². The van der Waals surface area contributed by atoms with Crippen molar-refractivity contribution in [2.45, 2.75) is 39.3 Å². The van der Waals surface area contributed by atoms with E-state index in [-0.39, 0.29) is 37.1 Å². The number of H-pyrrole nitrogens is 1. The third-order valence-electron chi connectivity index (χ3n) is 6.36. The van der Waals surface area contributed by atoms with Gasteiger partial charge >= 0.3 is 0 Å². The number of halogens is 1. The number of nitrogens with one attached hydrogen (secondary N) is 1. The highest BCUT2D eigenvalue weighted by molar-refractivity contribution is 5.83. The number of ether oxygens (including phenoxy) is 3. The Balaban J connectivity index is 1.37. The van der Waals surface area contributed by atoms with E-state index in [1.165, 1.54) is 12.1 Å². The SMILES string of the molecule is C[C@@H]1CN(C(=O)C2(C)COC(c3nc(-c4ccc(F)cc4)c(-c4ccncc4)[nH]3)OC2)C[C@H](C)O1. The van der Waals surface area contributed by atoms with Gasteiger partial charge in [0.2, 0.25) is 12.2 Å². The molecule has 1 aromatic carbocycles. The highest BCUT2D eigenvalue weighted by atomic mass is 19.1. The standard InChI is InChI=1S/C26H29FN4O4/c1-16-12-31(13-17(2)35-16)25(32)26(3)14-33-24(34-15-26)23-29-21(18-4-6-20(27)7-5-18)22(30-23)19-8-10-28-11-9-19/h4-11,16-17,24H,12-15H2,1-3H3,(H,29,30)/t16-,17+,24?,26?. The van der Waals surface area contributed by atoms with Crippen molar-refractivity contribution in [1.29, 1.82) is 0 Å². The number of hydrogen-bond acceptors (Lipinski definition) is 6. The number of pyridine rings is 1. The average molecular weight is 481 g/mol. The van der Waals surface area contributed by atoms with E-state index < -0.39 is 11.7 Å². The minimum absolute atomic E-state index is 0.00173. The van der Waals surface area contributed by atoms with Crippen molar-refractivity contribution in [2.24, 2.45) is 5.41 Å². The zero-order valence-electron chi connectivity index (χ0n) is 20.0. The number of nitrogens with zero attached hydrogens (tertiary/aromatic N) is 3. The molecule has 2 fully saturated rings. The maximum atomic E-state index is 13.5. The molecule has 2 aliphatic rings. The second-order valence-electron chi connectivity index (χ2n) is 9.57. The average Bonchev–Trinajstić information content (AvgIpc) is 3.30. The molecule has 5 rings (SSSR count). The van der Waals surface area contributed by atoms with E-state index in [0.29, 0.717) is 24.6 Å². The van der Waals surface area contributed by atoms with Crippen molar-refractivity contribution in [3.63, 3.8) is 0 Å². The van der Waals surface area contributed by atoms with Crippen LogP contribution in [0, 0.1) is 11.2 Å². The van der Waals surface area contributed by atoms with E-state index in [2.05, 4.69) is 9.97 Å². The molecule has 0 radical (unpaired) electrons. The quantitative estimate of drug-likeness (QED) is 0.608. The molecule has 4 heterocycles. The second-order valence-corrected chi connectivity index (χ2v) is 9.57. The number of aromatic amines is 1. The summed E-state index contributed by atoms with van der Waals surface area (Å²) in [6, 6.07) is 9.90. The molecular formula is C26H29FN4O4. The summed E-state index contributed by atoms with van der Waals surface area (Å²) in [6.07, 6.45) is 2.62. The van der Waals surface area contributed by atoms with Crippen LogP contribution in [0.15, 0.2) is 48.8 Å². The van der Waals surface area contributed by atoms with Crippen LogP contribution in [0.1, 0.15) is 32.9 Å². The lowest BCUT2D eigenvalue weighted by Crippen LogP contribution is -2.56. The molecule has 2 aliphatic heterocycles. The summed E-state index contributed by atoms with van der Waals surface area (Å²) in [7, 11) is 0. The van der Waals surface area contributed by atoms with E-state index in [1.807, 2.05) is 37.8 Å². The van der Waals surface area contributed by atoms with Gasteiger partial charge in [0.1, 0.15) is 5.82 Å². The lowest BCUT2D eigenvalue weighted by atomic mass is 9.89. The van der Waals surface area contributed by atoms with Crippen LogP contribution in [0.25, 0.3) is 22.5 Å². The molecule has 2 aromatic heterocycles.